The second-order valence-corrected chi connectivity index (χ2v) is 7.07. The van der Waals surface area contributed by atoms with Crippen LogP contribution >= 0.6 is 15.9 Å². The quantitative estimate of drug-likeness (QED) is 0.644. The van der Waals surface area contributed by atoms with E-state index in [0.717, 1.165) is 5.56 Å². The predicted molar refractivity (Wildman–Crippen MR) is 102 cm³/mol. The molecule has 0 saturated carbocycles. The SMILES string of the molecule is O=C(NCc1ccc(F)cc1)C1=CC(c2cc(Br)ccc2F)n2ncnc2N1. The largest absolute Gasteiger partial charge is 0.347 e. The van der Waals surface area contributed by atoms with E-state index >= 15 is 0 Å². The molecule has 1 aliphatic rings. The first-order valence-corrected chi connectivity index (χ1v) is 9.16. The molecule has 0 saturated heterocycles. The Balaban J connectivity index is 1.60. The van der Waals surface area contributed by atoms with Crippen LogP contribution in [-0.4, -0.2) is 20.7 Å². The van der Waals surface area contributed by atoms with E-state index in [1.165, 1.54) is 29.2 Å². The first-order valence-electron chi connectivity index (χ1n) is 8.37. The molecular weight excluding hydrogens is 432 g/mol. The Morgan fingerprint density at radius 1 is 1.21 bits per heavy atom. The Bertz CT molecular complexity index is 1060. The molecule has 6 nitrogen and oxygen atoms in total. The van der Waals surface area contributed by atoms with Crippen molar-refractivity contribution in [1.82, 2.24) is 20.1 Å². The summed E-state index contributed by atoms with van der Waals surface area (Å²) in [6.07, 6.45) is 2.92. The minimum absolute atomic E-state index is 0.223. The third-order valence-corrected chi connectivity index (χ3v) is 4.79. The molecule has 1 amide bonds. The van der Waals surface area contributed by atoms with E-state index in [0.29, 0.717) is 16.0 Å². The van der Waals surface area contributed by atoms with Gasteiger partial charge in [0.05, 0.1) is 0 Å². The van der Waals surface area contributed by atoms with Crippen molar-refractivity contribution in [3.8, 4) is 0 Å². The van der Waals surface area contributed by atoms with Gasteiger partial charge >= 0.3 is 0 Å². The molecule has 9 heteroatoms. The van der Waals surface area contributed by atoms with Gasteiger partial charge in [-0.05, 0) is 42.0 Å². The van der Waals surface area contributed by atoms with E-state index in [-0.39, 0.29) is 24.0 Å². The summed E-state index contributed by atoms with van der Waals surface area (Å²) in [6.45, 7) is 0.223. The molecular formula is C19H14BrF2N5O. The normalized spacial score (nSPS) is 15.4. The van der Waals surface area contributed by atoms with Crippen molar-refractivity contribution < 1.29 is 13.6 Å². The maximum absolute atomic E-state index is 14.4. The molecule has 2 aromatic carbocycles. The molecule has 0 radical (unpaired) electrons. The van der Waals surface area contributed by atoms with Crippen LogP contribution in [0.5, 0.6) is 0 Å². The molecule has 2 N–H and O–H groups in total. The average molecular weight is 446 g/mol. The molecule has 1 atom stereocenters. The standard InChI is InChI=1S/C19H14BrF2N5O/c20-12-3-6-15(22)14(7-12)17-8-16(26-19-24-10-25-27(17)19)18(28)23-9-11-1-4-13(21)5-2-11/h1-8,10,17H,9H2,(H,23,28)(H,24,25,26). The van der Waals surface area contributed by atoms with Gasteiger partial charge in [-0.15, -0.1) is 0 Å². The number of benzene rings is 2. The molecule has 4 rings (SSSR count). The van der Waals surface area contributed by atoms with Gasteiger partial charge < -0.3 is 10.6 Å². The van der Waals surface area contributed by atoms with Crippen molar-refractivity contribution in [2.24, 2.45) is 0 Å². The fourth-order valence-corrected chi connectivity index (χ4v) is 3.29. The molecule has 0 fully saturated rings. The van der Waals surface area contributed by atoms with Gasteiger partial charge in [0.1, 0.15) is 29.7 Å². The number of rotatable bonds is 4. The molecule has 3 aromatic rings. The average Bonchev–Trinajstić information content (AvgIpc) is 3.17. The van der Waals surface area contributed by atoms with Crippen LogP contribution in [0.25, 0.3) is 0 Å². The molecule has 1 aromatic heterocycles. The van der Waals surface area contributed by atoms with E-state index < -0.39 is 11.9 Å². The zero-order chi connectivity index (χ0) is 19.7. The van der Waals surface area contributed by atoms with Crippen LogP contribution in [0.2, 0.25) is 0 Å². The Hall–Kier alpha value is -3.07. The van der Waals surface area contributed by atoms with Gasteiger partial charge in [0, 0.05) is 16.6 Å². The topological polar surface area (TPSA) is 71.8 Å². The van der Waals surface area contributed by atoms with Crippen LogP contribution in [0.3, 0.4) is 0 Å². The van der Waals surface area contributed by atoms with E-state index in [9.17, 15) is 13.6 Å². The van der Waals surface area contributed by atoms with Gasteiger partial charge in [-0.2, -0.15) is 10.1 Å². The van der Waals surface area contributed by atoms with E-state index in [2.05, 4.69) is 36.6 Å². The number of carbonyl (C=O) groups excluding carboxylic acids is 1. The van der Waals surface area contributed by atoms with Crippen LogP contribution in [0, 0.1) is 11.6 Å². The van der Waals surface area contributed by atoms with Crippen LogP contribution in [-0.2, 0) is 11.3 Å². The highest BCUT2D eigenvalue weighted by Gasteiger charge is 2.27. The number of hydrogen-bond acceptors (Lipinski definition) is 4. The Morgan fingerprint density at radius 2 is 2.00 bits per heavy atom. The van der Waals surface area contributed by atoms with Crippen molar-refractivity contribution in [2.45, 2.75) is 12.6 Å². The number of halogens is 3. The summed E-state index contributed by atoms with van der Waals surface area (Å²) in [6, 6.07) is 9.79. The fourth-order valence-electron chi connectivity index (χ4n) is 2.91. The maximum atomic E-state index is 14.4. The molecule has 28 heavy (non-hydrogen) atoms. The molecule has 0 spiro atoms. The molecule has 0 bridgehead atoms. The number of anilines is 1. The van der Waals surface area contributed by atoms with Crippen LogP contribution in [0.1, 0.15) is 17.2 Å². The Morgan fingerprint density at radius 3 is 2.79 bits per heavy atom. The lowest BCUT2D eigenvalue weighted by molar-refractivity contribution is -0.117. The van der Waals surface area contributed by atoms with Crippen molar-refractivity contribution in [2.75, 3.05) is 5.32 Å². The smallest absolute Gasteiger partial charge is 0.267 e. The summed E-state index contributed by atoms with van der Waals surface area (Å²) in [5, 5.41) is 9.79. The van der Waals surface area contributed by atoms with Gasteiger partial charge in [-0.1, -0.05) is 28.1 Å². The first kappa shape index (κ1) is 18.3. The highest BCUT2D eigenvalue weighted by atomic mass is 79.9. The second-order valence-electron chi connectivity index (χ2n) is 6.15. The van der Waals surface area contributed by atoms with Crippen LogP contribution in [0.4, 0.5) is 14.7 Å². The third kappa shape index (κ3) is 3.65. The van der Waals surface area contributed by atoms with Gasteiger partial charge in [0.15, 0.2) is 0 Å². The summed E-state index contributed by atoms with van der Waals surface area (Å²) in [7, 11) is 0. The highest BCUT2D eigenvalue weighted by molar-refractivity contribution is 9.10. The van der Waals surface area contributed by atoms with Crippen molar-refractivity contribution in [3.05, 3.63) is 87.8 Å². The zero-order valence-corrected chi connectivity index (χ0v) is 16.0. The number of aromatic nitrogens is 3. The number of amides is 1. The second kappa shape index (κ2) is 7.51. The Labute approximate surface area is 167 Å². The Kier molecular flexibility index (Phi) is 4.91. The number of allylic oxidation sites excluding steroid dienone is 1. The van der Waals surface area contributed by atoms with Crippen molar-refractivity contribution in [1.29, 1.82) is 0 Å². The predicted octanol–water partition coefficient (Wildman–Crippen LogP) is 3.53. The molecule has 142 valence electrons. The van der Waals surface area contributed by atoms with E-state index in [1.807, 2.05) is 0 Å². The summed E-state index contributed by atoms with van der Waals surface area (Å²) < 4.78 is 29.6. The summed E-state index contributed by atoms with van der Waals surface area (Å²) in [4.78, 5) is 16.7. The molecule has 1 aliphatic heterocycles. The van der Waals surface area contributed by atoms with Crippen molar-refractivity contribution in [3.63, 3.8) is 0 Å². The lowest BCUT2D eigenvalue weighted by atomic mass is 10.0. The van der Waals surface area contributed by atoms with Gasteiger partial charge in [-0.25, -0.2) is 13.5 Å². The van der Waals surface area contributed by atoms with Crippen molar-refractivity contribution >= 4 is 27.8 Å². The minimum Gasteiger partial charge on any atom is -0.347 e. The lowest BCUT2D eigenvalue weighted by Gasteiger charge is -2.24. The number of fused-ring (bicyclic) bond motifs is 1. The van der Waals surface area contributed by atoms with Gasteiger partial charge in [-0.3, -0.25) is 4.79 Å². The van der Waals surface area contributed by atoms with E-state index in [4.69, 9.17) is 0 Å². The zero-order valence-electron chi connectivity index (χ0n) is 14.4. The third-order valence-electron chi connectivity index (χ3n) is 4.30. The first-order chi connectivity index (χ1) is 13.5. The lowest BCUT2D eigenvalue weighted by Crippen LogP contribution is -2.32. The van der Waals surface area contributed by atoms with E-state index in [1.54, 1.807) is 30.3 Å². The molecule has 2 heterocycles. The maximum Gasteiger partial charge on any atom is 0.267 e. The molecule has 0 aliphatic carbocycles. The number of hydrogen-bond donors (Lipinski definition) is 2. The minimum atomic E-state index is -0.636. The highest BCUT2D eigenvalue weighted by Crippen LogP contribution is 2.31. The monoisotopic (exact) mass is 445 g/mol. The van der Waals surface area contributed by atoms with Gasteiger partial charge in [0.2, 0.25) is 5.95 Å². The number of nitrogens with one attached hydrogen (secondary N) is 2. The summed E-state index contributed by atoms with van der Waals surface area (Å²) in [5.74, 6) is -0.818. The van der Waals surface area contributed by atoms with Crippen LogP contribution in [0.15, 0.2) is 65.0 Å². The number of nitrogens with zero attached hydrogens (tertiary/aromatic N) is 3. The number of carbonyl (C=O) groups is 1. The van der Waals surface area contributed by atoms with Gasteiger partial charge in [0.25, 0.3) is 5.91 Å². The molecule has 1 unspecified atom stereocenters. The van der Waals surface area contributed by atoms with Crippen LogP contribution < -0.4 is 10.6 Å². The summed E-state index contributed by atoms with van der Waals surface area (Å²) >= 11 is 3.34. The summed E-state index contributed by atoms with van der Waals surface area (Å²) in [5.41, 5.74) is 1.34. The fraction of sp³-hybridized carbons (Fsp3) is 0.105.